The Kier molecular flexibility index (Phi) is 3.16. The Morgan fingerprint density at radius 1 is 1.21 bits per heavy atom. The van der Waals surface area contributed by atoms with E-state index in [-0.39, 0.29) is 17.9 Å². The molecule has 1 atom stereocenters. The molecule has 4 heteroatoms. The zero-order chi connectivity index (χ0) is 10.9. The summed E-state index contributed by atoms with van der Waals surface area (Å²) in [4.78, 5) is 26.5. The molecule has 14 heavy (non-hydrogen) atoms. The summed E-state index contributed by atoms with van der Waals surface area (Å²) >= 11 is 0. The lowest BCUT2D eigenvalue weighted by atomic mass is 9.86. The standard InChI is InChI=1S/C10H16N2O2/c1-5(2)11-7-8(12-6(3)4)10(14)9(7)13/h5-7,11H,1-4H3. The van der Waals surface area contributed by atoms with Crippen LogP contribution in [-0.2, 0) is 9.59 Å². The largest absolute Gasteiger partial charge is 0.300 e. The van der Waals surface area contributed by atoms with E-state index < -0.39 is 11.8 Å². The molecule has 1 fully saturated rings. The minimum absolute atomic E-state index is 0.0542. The second-order valence-electron chi connectivity index (χ2n) is 4.06. The molecule has 1 unspecified atom stereocenters. The maximum Gasteiger partial charge on any atom is 0.246 e. The lowest BCUT2D eigenvalue weighted by Gasteiger charge is -2.28. The SMILES string of the molecule is CC(C)N=C1C(=O)C(=O)C1NC(C)C. The molecule has 0 aromatic heterocycles. The van der Waals surface area contributed by atoms with Crippen LogP contribution in [0.2, 0.25) is 0 Å². The van der Waals surface area contributed by atoms with Gasteiger partial charge in [0.25, 0.3) is 0 Å². The summed E-state index contributed by atoms with van der Waals surface area (Å²) in [7, 11) is 0. The minimum Gasteiger partial charge on any atom is -0.300 e. The number of nitrogens with zero attached hydrogens (tertiary/aromatic N) is 1. The molecular weight excluding hydrogens is 180 g/mol. The van der Waals surface area contributed by atoms with Gasteiger partial charge in [0.05, 0.1) is 0 Å². The number of carbonyl (C=O) groups excluding carboxylic acids is 2. The fourth-order valence-electron chi connectivity index (χ4n) is 1.33. The van der Waals surface area contributed by atoms with Crippen LogP contribution in [0.25, 0.3) is 0 Å². The summed E-state index contributed by atoms with van der Waals surface area (Å²) in [5, 5.41) is 3.01. The summed E-state index contributed by atoms with van der Waals surface area (Å²) < 4.78 is 0. The van der Waals surface area contributed by atoms with E-state index in [1.54, 1.807) is 0 Å². The van der Waals surface area contributed by atoms with Crippen LogP contribution in [0.15, 0.2) is 4.99 Å². The Balaban J connectivity index is 2.75. The summed E-state index contributed by atoms with van der Waals surface area (Å²) in [6, 6.07) is -0.238. The van der Waals surface area contributed by atoms with Gasteiger partial charge in [-0.15, -0.1) is 0 Å². The number of hydrogen-bond donors (Lipinski definition) is 1. The maximum atomic E-state index is 11.2. The summed E-state index contributed by atoms with van der Waals surface area (Å²) in [5.74, 6) is -0.796. The Morgan fingerprint density at radius 3 is 2.21 bits per heavy atom. The molecule has 0 aliphatic heterocycles. The Hall–Kier alpha value is -1.03. The molecule has 0 heterocycles. The molecule has 1 aliphatic rings. The molecule has 0 aromatic carbocycles. The molecule has 0 spiro atoms. The first kappa shape index (κ1) is 11.0. The first-order valence-electron chi connectivity index (χ1n) is 4.85. The number of ketones is 2. The highest BCUT2D eigenvalue weighted by atomic mass is 16.2. The topological polar surface area (TPSA) is 58.5 Å². The van der Waals surface area contributed by atoms with Crippen LogP contribution in [0.1, 0.15) is 27.7 Å². The van der Waals surface area contributed by atoms with E-state index in [2.05, 4.69) is 10.3 Å². The van der Waals surface area contributed by atoms with E-state index in [9.17, 15) is 9.59 Å². The van der Waals surface area contributed by atoms with Crippen LogP contribution in [0.5, 0.6) is 0 Å². The number of aliphatic imine (C=N–C) groups is 1. The van der Waals surface area contributed by atoms with Gasteiger partial charge >= 0.3 is 0 Å². The lowest BCUT2D eigenvalue weighted by Crippen LogP contribution is -2.62. The lowest BCUT2D eigenvalue weighted by molar-refractivity contribution is -0.136. The first-order valence-corrected chi connectivity index (χ1v) is 4.85. The highest BCUT2D eigenvalue weighted by Crippen LogP contribution is 2.10. The molecular formula is C10H16N2O2. The van der Waals surface area contributed by atoms with Crippen molar-refractivity contribution in [2.75, 3.05) is 0 Å². The summed E-state index contributed by atoms with van der Waals surface area (Å²) in [6.45, 7) is 7.64. The number of nitrogens with one attached hydrogen (secondary N) is 1. The Labute approximate surface area is 83.8 Å². The molecule has 1 N–H and O–H groups in total. The third-order valence-electron chi connectivity index (χ3n) is 1.89. The van der Waals surface area contributed by atoms with Crippen LogP contribution in [0.4, 0.5) is 0 Å². The molecule has 0 bridgehead atoms. The van der Waals surface area contributed by atoms with Gasteiger partial charge in [-0.25, -0.2) is 0 Å². The van der Waals surface area contributed by atoms with Gasteiger partial charge < -0.3 is 0 Å². The van der Waals surface area contributed by atoms with Gasteiger partial charge in [0, 0.05) is 12.1 Å². The van der Waals surface area contributed by atoms with Crippen molar-refractivity contribution in [3.05, 3.63) is 0 Å². The van der Waals surface area contributed by atoms with Gasteiger partial charge in [0.15, 0.2) is 0 Å². The zero-order valence-electron chi connectivity index (χ0n) is 9.00. The Bertz CT molecular complexity index is 292. The predicted octanol–water partition coefficient (Wildman–Crippen LogP) is 0.354. The molecule has 1 rings (SSSR count). The summed E-state index contributed by atoms with van der Waals surface area (Å²) in [6.07, 6.45) is 0. The molecule has 1 aliphatic carbocycles. The van der Waals surface area contributed by atoms with Crippen LogP contribution in [0.3, 0.4) is 0 Å². The third kappa shape index (κ3) is 2.07. The van der Waals surface area contributed by atoms with Crippen LogP contribution >= 0.6 is 0 Å². The average molecular weight is 196 g/mol. The molecule has 0 aromatic rings. The average Bonchev–Trinajstić information content (AvgIpc) is 2.09. The van der Waals surface area contributed by atoms with Crippen molar-refractivity contribution >= 4 is 17.3 Å². The number of rotatable bonds is 3. The van der Waals surface area contributed by atoms with Gasteiger partial charge in [-0.3, -0.25) is 19.9 Å². The van der Waals surface area contributed by atoms with E-state index in [0.29, 0.717) is 5.71 Å². The predicted molar refractivity (Wildman–Crippen MR) is 54.6 cm³/mol. The summed E-state index contributed by atoms with van der Waals surface area (Å²) in [5.41, 5.74) is 0.388. The highest BCUT2D eigenvalue weighted by molar-refractivity contribution is 6.80. The van der Waals surface area contributed by atoms with Crippen molar-refractivity contribution in [2.45, 2.75) is 45.8 Å². The molecule has 1 saturated carbocycles. The van der Waals surface area contributed by atoms with Gasteiger partial charge in [0.1, 0.15) is 11.8 Å². The van der Waals surface area contributed by atoms with Crippen molar-refractivity contribution in [3.63, 3.8) is 0 Å². The smallest absolute Gasteiger partial charge is 0.246 e. The van der Waals surface area contributed by atoms with E-state index in [1.165, 1.54) is 0 Å². The molecule has 4 nitrogen and oxygen atoms in total. The van der Waals surface area contributed by atoms with E-state index in [4.69, 9.17) is 0 Å². The Morgan fingerprint density at radius 2 is 1.79 bits per heavy atom. The molecule has 0 amide bonds. The van der Waals surface area contributed by atoms with Gasteiger partial charge in [0.2, 0.25) is 11.6 Å². The van der Waals surface area contributed by atoms with Crippen molar-refractivity contribution in [3.8, 4) is 0 Å². The quantitative estimate of drug-likeness (QED) is 0.663. The van der Waals surface area contributed by atoms with Gasteiger partial charge in [-0.1, -0.05) is 0 Å². The van der Waals surface area contributed by atoms with Crippen LogP contribution in [-0.4, -0.2) is 35.4 Å². The van der Waals surface area contributed by atoms with Gasteiger partial charge in [-0.2, -0.15) is 0 Å². The minimum atomic E-state index is -0.468. The fourth-order valence-corrected chi connectivity index (χ4v) is 1.33. The molecule has 0 saturated heterocycles. The van der Waals surface area contributed by atoms with Crippen LogP contribution < -0.4 is 5.32 Å². The second kappa shape index (κ2) is 4.00. The zero-order valence-corrected chi connectivity index (χ0v) is 9.00. The number of hydrogen-bond acceptors (Lipinski definition) is 4. The fraction of sp³-hybridized carbons (Fsp3) is 0.700. The third-order valence-corrected chi connectivity index (χ3v) is 1.89. The first-order chi connectivity index (χ1) is 6.43. The van der Waals surface area contributed by atoms with E-state index >= 15 is 0 Å². The van der Waals surface area contributed by atoms with Gasteiger partial charge in [-0.05, 0) is 27.7 Å². The van der Waals surface area contributed by atoms with Crippen molar-refractivity contribution in [1.29, 1.82) is 0 Å². The number of carbonyl (C=O) groups is 2. The second-order valence-corrected chi connectivity index (χ2v) is 4.06. The number of Topliss-reactive ketones (excluding diaryl/α,β-unsaturated/α-hetero) is 2. The van der Waals surface area contributed by atoms with Crippen molar-refractivity contribution in [2.24, 2.45) is 4.99 Å². The van der Waals surface area contributed by atoms with Crippen LogP contribution in [0, 0.1) is 0 Å². The maximum absolute atomic E-state index is 11.2. The van der Waals surface area contributed by atoms with Crippen molar-refractivity contribution in [1.82, 2.24) is 5.32 Å². The highest BCUT2D eigenvalue weighted by Gasteiger charge is 2.45. The molecule has 78 valence electrons. The molecule has 0 radical (unpaired) electrons. The monoisotopic (exact) mass is 196 g/mol. The normalized spacial score (nSPS) is 25.0. The van der Waals surface area contributed by atoms with E-state index in [1.807, 2.05) is 27.7 Å². The van der Waals surface area contributed by atoms with Crippen molar-refractivity contribution < 1.29 is 9.59 Å². The van der Waals surface area contributed by atoms with E-state index in [0.717, 1.165) is 0 Å².